The Kier molecular flexibility index (Phi) is 3.13. The number of hydrogen-bond acceptors (Lipinski definition) is 4. The van der Waals surface area contributed by atoms with Gasteiger partial charge in [-0.25, -0.2) is 0 Å². The Morgan fingerprint density at radius 3 is 2.24 bits per heavy atom. The van der Waals surface area contributed by atoms with E-state index in [9.17, 15) is 4.79 Å². The lowest BCUT2D eigenvalue weighted by atomic mass is 9.92. The summed E-state index contributed by atoms with van der Waals surface area (Å²) < 4.78 is 0. The van der Waals surface area contributed by atoms with Gasteiger partial charge in [-0.05, 0) is 12.1 Å². The first kappa shape index (κ1) is 12.0. The van der Waals surface area contributed by atoms with Gasteiger partial charge in [0, 0.05) is 31.3 Å². The molecule has 2 heterocycles. The highest BCUT2D eigenvalue weighted by atomic mass is 16.1. The summed E-state index contributed by atoms with van der Waals surface area (Å²) in [5.41, 5.74) is 1.03. The molecule has 0 aromatic carbocycles. The van der Waals surface area contributed by atoms with Crippen LogP contribution in [0.3, 0.4) is 0 Å². The van der Waals surface area contributed by atoms with Gasteiger partial charge in [-0.15, -0.1) is 5.10 Å². The largest absolute Gasteiger partial charge is 0.354 e. The Labute approximate surface area is 102 Å². The summed E-state index contributed by atoms with van der Waals surface area (Å²) in [6.45, 7) is 7.90. The predicted molar refractivity (Wildman–Crippen MR) is 67.2 cm³/mol. The van der Waals surface area contributed by atoms with Crippen LogP contribution in [0.5, 0.6) is 0 Å². The van der Waals surface area contributed by atoms with E-state index in [4.69, 9.17) is 0 Å². The van der Waals surface area contributed by atoms with Crippen LogP contribution in [0.2, 0.25) is 0 Å². The first-order valence-electron chi connectivity index (χ1n) is 6.08. The highest BCUT2D eigenvalue weighted by Crippen LogP contribution is 2.21. The topological polar surface area (TPSA) is 46.1 Å². The average Bonchev–Trinajstić information content (AvgIpc) is 2.29. The van der Waals surface area contributed by atoms with Crippen molar-refractivity contribution in [3.05, 3.63) is 17.8 Å². The summed E-state index contributed by atoms with van der Waals surface area (Å²) in [5.74, 6) is 1.23. The Hall–Kier alpha value is -1.45. The van der Waals surface area contributed by atoms with Crippen molar-refractivity contribution >= 4 is 11.6 Å². The fourth-order valence-corrected chi connectivity index (χ4v) is 1.88. The fraction of sp³-hybridized carbons (Fsp3) is 0.615. The van der Waals surface area contributed by atoms with Gasteiger partial charge in [0.25, 0.3) is 0 Å². The molecule has 0 amide bonds. The number of anilines is 1. The van der Waals surface area contributed by atoms with Crippen molar-refractivity contribution in [2.24, 2.45) is 0 Å². The number of nitrogens with zero attached hydrogens (tertiary/aromatic N) is 3. The number of carbonyl (C=O) groups excluding carboxylic acids is 1. The number of Topliss-reactive ketones (excluding diaryl/α,β-unsaturated/α-hetero) is 1. The van der Waals surface area contributed by atoms with E-state index in [1.165, 1.54) is 0 Å². The van der Waals surface area contributed by atoms with Gasteiger partial charge in [-0.2, -0.15) is 5.10 Å². The zero-order chi connectivity index (χ0) is 12.5. The Balaban J connectivity index is 2.10. The lowest BCUT2D eigenvalue weighted by Gasteiger charge is -2.27. The van der Waals surface area contributed by atoms with Crippen LogP contribution in [0.4, 0.5) is 5.82 Å². The summed E-state index contributed by atoms with van der Waals surface area (Å²) >= 11 is 0. The highest BCUT2D eigenvalue weighted by Gasteiger charge is 2.19. The molecule has 1 fully saturated rings. The van der Waals surface area contributed by atoms with Crippen molar-refractivity contribution in [3.8, 4) is 0 Å². The zero-order valence-electron chi connectivity index (χ0n) is 10.7. The van der Waals surface area contributed by atoms with Gasteiger partial charge in [-0.3, -0.25) is 4.79 Å². The number of piperidine rings is 1. The van der Waals surface area contributed by atoms with Crippen LogP contribution in [-0.4, -0.2) is 29.1 Å². The van der Waals surface area contributed by atoms with Gasteiger partial charge in [0.05, 0.1) is 5.69 Å². The third-order valence-electron chi connectivity index (χ3n) is 3.06. The molecule has 1 aromatic heterocycles. The molecule has 1 aromatic rings. The molecule has 0 atom stereocenters. The number of aromatic nitrogens is 2. The maximum Gasteiger partial charge on any atom is 0.151 e. The van der Waals surface area contributed by atoms with Crippen LogP contribution in [-0.2, 0) is 10.2 Å². The van der Waals surface area contributed by atoms with Crippen molar-refractivity contribution in [1.82, 2.24) is 10.2 Å². The molecule has 0 aliphatic carbocycles. The predicted octanol–water partition coefficient (Wildman–Crippen LogP) is 1.94. The molecule has 4 nitrogen and oxygen atoms in total. The minimum atomic E-state index is 0.0311. The molecule has 0 spiro atoms. The van der Waals surface area contributed by atoms with Gasteiger partial charge in [-0.1, -0.05) is 20.8 Å². The van der Waals surface area contributed by atoms with E-state index in [0.717, 1.165) is 24.6 Å². The molecule has 1 saturated heterocycles. The minimum absolute atomic E-state index is 0.0311. The molecule has 1 aliphatic rings. The Morgan fingerprint density at radius 1 is 1.12 bits per heavy atom. The number of carbonyl (C=O) groups is 1. The van der Waals surface area contributed by atoms with Crippen LogP contribution in [0.25, 0.3) is 0 Å². The first-order valence-corrected chi connectivity index (χ1v) is 6.08. The van der Waals surface area contributed by atoms with Crippen molar-refractivity contribution in [1.29, 1.82) is 0 Å². The van der Waals surface area contributed by atoms with E-state index in [1.807, 2.05) is 12.1 Å². The van der Waals surface area contributed by atoms with Crippen molar-refractivity contribution in [2.75, 3.05) is 18.0 Å². The van der Waals surface area contributed by atoms with E-state index in [2.05, 4.69) is 35.9 Å². The SMILES string of the molecule is CC(C)(C)c1ccc(N2CCC(=O)CC2)nn1. The standard InChI is InChI=1S/C13H19N3O/c1-13(2,3)11-4-5-12(15-14-11)16-8-6-10(17)7-9-16/h4-5H,6-9H2,1-3H3. The third kappa shape index (κ3) is 2.81. The molecule has 17 heavy (non-hydrogen) atoms. The molecule has 0 bridgehead atoms. The second-order valence-corrected chi connectivity index (χ2v) is 5.55. The minimum Gasteiger partial charge on any atom is -0.354 e. The summed E-state index contributed by atoms with van der Waals surface area (Å²) in [7, 11) is 0. The third-order valence-corrected chi connectivity index (χ3v) is 3.06. The monoisotopic (exact) mass is 233 g/mol. The lowest BCUT2D eigenvalue weighted by Crippen LogP contribution is -2.34. The average molecular weight is 233 g/mol. The maximum atomic E-state index is 11.2. The highest BCUT2D eigenvalue weighted by molar-refractivity contribution is 5.80. The summed E-state index contributed by atoms with van der Waals surface area (Å²) in [4.78, 5) is 13.3. The van der Waals surface area contributed by atoms with Crippen LogP contribution in [0, 0.1) is 0 Å². The fourth-order valence-electron chi connectivity index (χ4n) is 1.88. The lowest BCUT2D eigenvalue weighted by molar-refractivity contribution is -0.119. The molecule has 2 rings (SSSR count). The molecule has 1 aliphatic heterocycles. The molecule has 0 unspecified atom stereocenters. The maximum absolute atomic E-state index is 11.2. The molecular formula is C13H19N3O. The van der Waals surface area contributed by atoms with Gasteiger partial charge in [0.15, 0.2) is 5.82 Å². The smallest absolute Gasteiger partial charge is 0.151 e. The van der Waals surface area contributed by atoms with Gasteiger partial charge in [0.1, 0.15) is 5.78 Å². The summed E-state index contributed by atoms with van der Waals surface area (Å²) in [6.07, 6.45) is 1.26. The van der Waals surface area contributed by atoms with Crippen molar-refractivity contribution < 1.29 is 4.79 Å². The molecule has 4 heteroatoms. The van der Waals surface area contributed by atoms with Gasteiger partial charge < -0.3 is 4.90 Å². The molecule has 0 saturated carbocycles. The number of rotatable bonds is 1. The van der Waals surface area contributed by atoms with E-state index in [0.29, 0.717) is 18.6 Å². The van der Waals surface area contributed by atoms with Crippen LogP contribution >= 0.6 is 0 Å². The van der Waals surface area contributed by atoms with Crippen LogP contribution in [0.1, 0.15) is 39.3 Å². The van der Waals surface area contributed by atoms with E-state index >= 15 is 0 Å². The quantitative estimate of drug-likeness (QED) is 0.743. The van der Waals surface area contributed by atoms with Crippen LogP contribution in [0.15, 0.2) is 12.1 Å². The van der Waals surface area contributed by atoms with Gasteiger partial charge in [0.2, 0.25) is 0 Å². The van der Waals surface area contributed by atoms with Gasteiger partial charge >= 0.3 is 0 Å². The molecule has 92 valence electrons. The normalized spacial score (nSPS) is 17.4. The first-order chi connectivity index (χ1) is 7.97. The Bertz CT molecular complexity index is 396. The molecular weight excluding hydrogens is 214 g/mol. The number of hydrogen-bond donors (Lipinski definition) is 0. The van der Waals surface area contributed by atoms with Crippen molar-refractivity contribution in [3.63, 3.8) is 0 Å². The Morgan fingerprint density at radius 2 is 1.76 bits per heavy atom. The zero-order valence-corrected chi connectivity index (χ0v) is 10.7. The van der Waals surface area contributed by atoms with Crippen molar-refractivity contribution in [2.45, 2.75) is 39.0 Å². The van der Waals surface area contributed by atoms with E-state index in [-0.39, 0.29) is 5.41 Å². The van der Waals surface area contributed by atoms with E-state index in [1.54, 1.807) is 0 Å². The van der Waals surface area contributed by atoms with Crippen LogP contribution < -0.4 is 4.90 Å². The van der Waals surface area contributed by atoms with E-state index < -0.39 is 0 Å². The second-order valence-electron chi connectivity index (χ2n) is 5.55. The summed E-state index contributed by atoms with van der Waals surface area (Å²) in [6, 6.07) is 4.03. The second kappa shape index (κ2) is 4.43. The summed E-state index contributed by atoms with van der Waals surface area (Å²) in [5, 5.41) is 8.53. The molecule has 0 N–H and O–H groups in total. The number of ketones is 1. The molecule has 0 radical (unpaired) electrons.